The fourth-order valence-corrected chi connectivity index (χ4v) is 2.02. The van der Waals surface area contributed by atoms with Crippen LogP contribution in [0.4, 0.5) is 0 Å². The summed E-state index contributed by atoms with van der Waals surface area (Å²) in [5.41, 5.74) is 1.66. The molecule has 2 rings (SSSR count). The third kappa shape index (κ3) is 3.35. The van der Waals surface area contributed by atoms with Crippen molar-refractivity contribution in [3.63, 3.8) is 0 Å². The van der Waals surface area contributed by atoms with Crippen LogP contribution in [0, 0.1) is 6.92 Å². The maximum Gasteiger partial charge on any atom is 0.270 e. The van der Waals surface area contributed by atoms with Crippen LogP contribution >= 0.6 is 11.3 Å². The number of thiazole rings is 1. The standard InChI is InChI=1S/C12H13N3OS/c1-9-15-11(8-17-9)12(16)14-7-4-10-2-5-13-6-3-10/h2-3,5-6,8H,4,7H2,1H3,(H,14,16). The average Bonchev–Trinajstić information content (AvgIpc) is 2.77. The molecule has 0 atom stereocenters. The summed E-state index contributed by atoms with van der Waals surface area (Å²) in [6, 6.07) is 3.89. The van der Waals surface area contributed by atoms with E-state index < -0.39 is 0 Å². The van der Waals surface area contributed by atoms with E-state index in [-0.39, 0.29) is 5.91 Å². The minimum atomic E-state index is -0.108. The summed E-state index contributed by atoms with van der Waals surface area (Å²) in [5.74, 6) is -0.108. The van der Waals surface area contributed by atoms with Gasteiger partial charge in [-0.25, -0.2) is 4.98 Å². The molecule has 0 saturated carbocycles. The van der Waals surface area contributed by atoms with E-state index in [0.29, 0.717) is 12.2 Å². The number of rotatable bonds is 4. The molecule has 0 unspecified atom stereocenters. The molecule has 1 N–H and O–H groups in total. The first-order valence-corrected chi connectivity index (χ1v) is 6.23. The number of nitrogens with zero attached hydrogens (tertiary/aromatic N) is 2. The van der Waals surface area contributed by atoms with Crippen LogP contribution in [0.5, 0.6) is 0 Å². The van der Waals surface area contributed by atoms with E-state index in [2.05, 4.69) is 15.3 Å². The van der Waals surface area contributed by atoms with Crippen LogP contribution in [0.2, 0.25) is 0 Å². The van der Waals surface area contributed by atoms with Crippen molar-refractivity contribution >= 4 is 17.2 Å². The molecule has 2 aromatic rings. The van der Waals surface area contributed by atoms with E-state index in [1.165, 1.54) is 11.3 Å². The van der Waals surface area contributed by atoms with Crippen molar-refractivity contribution in [2.24, 2.45) is 0 Å². The number of hydrogen-bond acceptors (Lipinski definition) is 4. The lowest BCUT2D eigenvalue weighted by Crippen LogP contribution is -2.25. The van der Waals surface area contributed by atoms with Gasteiger partial charge in [-0.05, 0) is 31.0 Å². The Morgan fingerprint density at radius 1 is 1.41 bits per heavy atom. The maximum atomic E-state index is 11.7. The second-order valence-electron chi connectivity index (χ2n) is 3.61. The zero-order valence-corrected chi connectivity index (χ0v) is 10.3. The highest BCUT2D eigenvalue weighted by Gasteiger charge is 2.07. The first-order chi connectivity index (χ1) is 8.25. The Labute approximate surface area is 104 Å². The Hall–Kier alpha value is -1.75. The molecule has 4 nitrogen and oxygen atoms in total. The fraction of sp³-hybridized carbons (Fsp3) is 0.250. The van der Waals surface area contributed by atoms with E-state index in [0.717, 1.165) is 17.0 Å². The van der Waals surface area contributed by atoms with Gasteiger partial charge in [-0.2, -0.15) is 0 Å². The molecule has 0 aliphatic rings. The molecule has 0 radical (unpaired) electrons. The predicted molar refractivity (Wildman–Crippen MR) is 67.1 cm³/mol. The molecule has 2 heterocycles. The van der Waals surface area contributed by atoms with Gasteiger partial charge >= 0.3 is 0 Å². The largest absolute Gasteiger partial charge is 0.350 e. The van der Waals surface area contributed by atoms with Gasteiger partial charge in [0.1, 0.15) is 5.69 Å². The third-order valence-corrected chi connectivity index (χ3v) is 3.07. The molecule has 17 heavy (non-hydrogen) atoms. The Kier molecular flexibility index (Phi) is 3.82. The van der Waals surface area contributed by atoms with Crippen molar-refractivity contribution in [3.8, 4) is 0 Å². The first-order valence-electron chi connectivity index (χ1n) is 5.35. The molecular weight excluding hydrogens is 234 g/mol. The number of carbonyl (C=O) groups excluding carboxylic acids is 1. The lowest BCUT2D eigenvalue weighted by Gasteiger charge is -2.02. The Balaban J connectivity index is 1.81. The van der Waals surface area contributed by atoms with Crippen molar-refractivity contribution in [3.05, 3.63) is 46.2 Å². The lowest BCUT2D eigenvalue weighted by molar-refractivity contribution is 0.0949. The zero-order valence-electron chi connectivity index (χ0n) is 9.51. The van der Waals surface area contributed by atoms with Crippen LogP contribution in [0.25, 0.3) is 0 Å². The minimum Gasteiger partial charge on any atom is -0.350 e. The monoisotopic (exact) mass is 247 g/mol. The molecule has 5 heteroatoms. The molecular formula is C12H13N3OS. The highest BCUT2D eigenvalue weighted by atomic mass is 32.1. The summed E-state index contributed by atoms with van der Waals surface area (Å²) in [4.78, 5) is 19.7. The van der Waals surface area contributed by atoms with Gasteiger partial charge in [-0.1, -0.05) is 0 Å². The van der Waals surface area contributed by atoms with Gasteiger partial charge < -0.3 is 5.32 Å². The fourth-order valence-electron chi connectivity index (χ4n) is 1.43. The quantitative estimate of drug-likeness (QED) is 0.896. The number of aryl methyl sites for hydroxylation is 1. The van der Waals surface area contributed by atoms with Gasteiger partial charge in [0, 0.05) is 24.3 Å². The lowest BCUT2D eigenvalue weighted by atomic mass is 10.2. The molecule has 0 bridgehead atoms. The molecule has 88 valence electrons. The first kappa shape index (κ1) is 11.7. The van der Waals surface area contributed by atoms with Gasteiger partial charge in [0.05, 0.1) is 5.01 Å². The van der Waals surface area contributed by atoms with Crippen molar-refractivity contribution in [2.45, 2.75) is 13.3 Å². The summed E-state index contributed by atoms with van der Waals surface area (Å²) in [6.07, 6.45) is 4.30. The predicted octanol–water partition coefficient (Wildman–Crippen LogP) is 1.82. The summed E-state index contributed by atoms with van der Waals surface area (Å²) in [7, 11) is 0. The minimum absolute atomic E-state index is 0.108. The molecule has 2 aromatic heterocycles. The second-order valence-corrected chi connectivity index (χ2v) is 4.68. The maximum absolute atomic E-state index is 11.7. The summed E-state index contributed by atoms with van der Waals surface area (Å²) >= 11 is 1.48. The van der Waals surface area contributed by atoms with Gasteiger partial charge in [-0.3, -0.25) is 9.78 Å². The van der Waals surface area contributed by atoms with Crippen molar-refractivity contribution in [1.29, 1.82) is 0 Å². The van der Waals surface area contributed by atoms with Crippen LogP contribution in [-0.2, 0) is 6.42 Å². The second kappa shape index (κ2) is 5.54. The molecule has 0 aliphatic carbocycles. The number of hydrogen-bond donors (Lipinski definition) is 1. The SMILES string of the molecule is Cc1nc(C(=O)NCCc2ccncc2)cs1. The number of carbonyl (C=O) groups is 1. The highest BCUT2D eigenvalue weighted by Crippen LogP contribution is 2.07. The molecule has 1 amide bonds. The van der Waals surface area contributed by atoms with E-state index in [1.54, 1.807) is 17.8 Å². The van der Waals surface area contributed by atoms with Crippen molar-refractivity contribution in [1.82, 2.24) is 15.3 Å². The molecule has 0 aliphatic heterocycles. The highest BCUT2D eigenvalue weighted by molar-refractivity contribution is 7.09. The third-order valence-electron chi connectivity index (χ3n) is 2.30. The van der Waals surface area contributed by atoms with E-state index in [4.69, 9.17) is 0 Å². The van der Waals surface area contributed by atoms with Crippen LogP contribution in [-0.4, -0.2) is 22.4 Å². The Morgan fingerprint density at radius 2 is 2.18 bits per heavy atom. The summed E-state index contributed by atoms with van der Waals surface area (Å²) < 4.78 is 0. The number of aromatic nitrogens is 2. The van der Waals surface area contributed by atoms with E-state index in [9.17, 15) is 4.79 Å². The average molecular weight is 247 g/mol. The van der Waals surface area contributed by atoms with Crippen LogP contribution in [0.3, 0.4) is 0 Å². The number of nitrogens with one attached hydrogen (secondary N) is 1. The number of amides is 1. The van der Waals surface area contributed by atoms with Gasteiger partial charge in [0.2, 0.25) is 0 Å². The molecule has 0 aromatic carbocycles. The smallest absolute Gasteiger partial charge is 0.270 e. The zero-order chi connectivity index (χ0) is 12.1. The van der Waals surface area contributed by atoms with E-state index >= 15 is 0 Å². The summed E-state index contributed by atoms with van der Waals surface area (Å²) in [5, 5.41) is 5.53. The Bertz CT molecular complexity index is 495. The molecule has 0 fully saturated rings. The molecule has 0 spiro atoms. The van der Waals surface area contributed by atoms with Crippen molar-refractivity contribution in [2.75, 3.05) is 6.54 Å². The molecule has 0 saturated heterocycles. The van der Waals surface area contributed by atoms with Gasteiger partial charge in [0.25, 0.3) is 5.91 Å². The topological polar surface area (TPSA) is 54.9 Å². The van der Waals surface area contributed by atoms with E-state index in [1.807, 2.05) is 19.1 Å². The van der Waals surface area contributed by atoms with Gasteiger partial charge in [-0.15, -0.1) is 11.3 Å². The Morgan fingerprint density at radius 3 is 2.82 bits per heavy atom. The van der Waals surface area contributed by atoms with Crippen LogP contribution in [0.1, 0.15) is 21.1 Å². The van der Waals surface area contributed by atoms with Crippen molar-refractivity contribution < 1.29 is 4.79 Å². The summed E-state index contributed by atoms with van der Waals surface area (Å²) in [6.45, 7) is 2.50. The number of pyridine rings is 1. The van der Waals surface area contributed by atoms with Gasteiger partial charge in [0.15, 0.2) is 0 Å². The normalized spacial score (nSPS) is 10.2. The van der Waals surface area contributed by atoms with Crippen LogP contribution in [0.15, 0.2) is 29.9 Å². The van der Waals surface area contributed by atoms with Crippen LogP contribution < -0.4 is 5.32 Å².